The first-order chi connectivity index (χ1) is 8.88. The van der Waals surface area contributed by atoms with E-state index in [0.29, 0.717) is 0 Å². The van der Waals surface area contributed by atoms with Crippen LogP contribution in [0.2, 0.25) is 0 Å². The van der Waals surface area contributed by atoms with Crippen molar-refractivity contribution in [2.45, 2.75) is 45.2 Å². The summed E-state index contributed by atoms with van der Waals surface area (Å²) >= 11 is 0. The van der Waals surface area contributed by atoms with Crippen molar-refractivity contribution < 1.29 is 0 Å². The van der Waals surface area contributed by atoms with Gasteiger partial charge in [0.1, 0.15) is 18.0 Å². The molecule has 1 fully saturated rings. The number of hydrogen-bond donors (Lipinski definition) is 1. The zero-order chi connectivity index (χ0) is 14.0. The number of nitrogens with two attached hydrogens (primary N) is 1. The quantitative estimate of drug-likeness (QED) is 0.879. The second kappa shape index (κ2) is 5.33. The molecule has 2 rings (SSSR count). The topological polar surface area (TPSA) is 58.3 Å². The normalized spacial score (nSPS) is 20.5. The van der Waals surface area contributed by atoms with E-state index in [1.165, 1.54) is 0 Å². The number of rotatable bonds is 2. The Morgan fingerprint density at radius 2 is 2.11 bits per heavy atom. The van der Waals surface area contributed by atoms with E-state index in [-0.39, 0.29) is 11.6 Å². The van der Waals surface area contributed by atoms with Gasteiger partial charge in [-0.2, -0.15) is 0 Å². The molecule has 5 nitrogen and oxygen atoms in total. The van der Waals surface area contributed by atoms with Crippen molar-refractivity contribution in [1.29, 1.82) is 0 Å². The minimum atomic E-state index is 0.0456. The van der Waals surface area contributed by atoms with Gasteiger partial charge in [0.2, 0.25) is 0 Å². The van der Waals surface area contributed by atoms with Crippen LogP contribution < -0.4 is 15.5 Å². The number of hydrogen-bond acceptors (Lipinski definition) is 5. The van der Waals surface area contributed by atoms with Crippen molar-refractivity contribution in [3.8, 4) is 0 Å². The van der Waals surface area contributed by atoms with Crippen molar-refractivity contribution in [3.05, 3.63) is 12.4 Å². The smallest absolute Gasteiger partial charge is 0.134 e. The Kier molecular flexibility index (Phi) is 3.94. The number of anilines is 2. The molecule has 1 aliphatic rings. The van der Waals surface area contributed by atoms with Crippen LogP contribution in [-0.4, -0.2) is 41.7 Å². The van der Waals surface area contributed by atoms with Gasteiger partial charge in [-0.05, 0) is 33.6 Å². The molecular weight excluding hydrogens is 238 g/mol. The Bertz CT molecular complexity index is 426. The summed E-state index contributed by atoms with van der Waals surface area (Å²) in [6.45, 7) is 8.43. The Labute approximate surface area is 115 Å². The van der Waals surface area contributed by atoms with Crippen LogP contribution in [0, 0.1) is 0 Å². The molecule has 0 aromatic carbocycles. The lowest BCUT2D eigenvalue weighted by molar-refractivity contribution is 0.502. The molecule has 0 spiro atoms. The molecule has 19 heavy (non-hydrogen) atoms. The fourth-order valence-electron chi connectivity index (χ4n) is 2.26. The van der Waals surface area contributed by atoms with Gasteiger partial charge in [-0.15, -0.1) is 0 Å². The third-order valence-corrected chi connectivity index (χ3v) is 3.77. The van der Waals surface area contributed by atoms with Gasteiger partial charge in [-0.3, -0.25) is 0 Å². The standard InChI is InChI=1S/C14H25N5/c1-14(2,3)18(4)12-8-13(17-10-16-12)19-7-5-6-11(15)9-19/h8,10-11H,5-7,9,15H2,1-4H3. The first-order valence-corrected chi connectivity index (χ1v) is 6.94. The van der Waals surface area contributed by atoms with E-state index in [1.54, 1.807) is 6.33 Å². The predicted octanol–water partition coefficient (Wildman–Crippen LogP) is 1.64. The van der Waals surface area contributed by atoms with Gasteiger partial charge in [0, 0.05) is 37.8 Å². The van der Waals surface area contributed by atoms with Gasteiger partial charge in [0.15, 0.2) is 0 Å². The summed E-state index contributed by atoms with van der Waals surface area (Å²) in [5, 5.41) is 0. The first kappa shape index (κ1) is 14.1. The second-order valence-electron chi connectivity index (χ2n) is 6.31. The van der Waals surface area contributed by atoms with Gasteiger partial charge in [-0.25, -0.2) is 9.97 Å². The van der Waals surface area contributed by atoms with Gasteiger partial charge in [0.05, 0.1) is 0 Å². The first-order valence-electron chi connectivity index (χ1n) is 6.94. The molecule has 0 radical (unpaired) electrons. The van der Waals surface area contributed by atoms with Crippen molar-refractivity contribution in [2.75, 3.05) is 29.9 Å². The molecule has 5 heteroatoms. The van der Waals surface area contributed by atoms with Crippen molar-refractivity contribution in [2.24, 2.45) is 5.73 Å². The van der Waals surface area contributed by atoms with E-state index in [2.05, 4.69) is 53.7 Å². The van der Waals surface area contributed by atoms with Crippen LogP contribution in [0.15, 0.2) is 12.4 Å². The maximum atomic E-state index is 6.03. The maximum Gasteiger partial charge on any atom is 0.134 e. The summed E-state index contributed by atoms with van der Waals surface area (Å²) in [4.78, 5) is 13.2. The van der Waals surface area contributed by atoms with Crippen molar-refractivity contribution in [1.82, 2.24) is 9.97 Å². The molecular formula is C14H25N5. The molecule has 2 heterocycles. The van der Waals surface area contributed by atoms with Crippen LogP contribution >= 0.6 is 0 Å². The average molecular weight is 263 g/mol. The average Bonchev–Trinajstić information content (AvgIpc) is 2.37. The van der Waals surface area contributed by atoms with Gasteiger partial charge < -0.3 is 15.5 Å². The van der Waals surface area contributed by atoms with E-state index in [0.717, 1.165) is 37.6 Å². The molecule has 1 saturated heterocycles. The van der Waals surface area contributed by atoms with E-state index >= 15 is 0 Å². The van der Waals surface area contributed by atoms with Crippen LogP contribution in [0.1, 0.15) is 33.6 Å². The number of nitrogens with zero attached hydrogens (tertiary/aromatic N) is 4. The van der Waals surface area contributed by atoms with Crippen LogP contribution in [0.25, 0.3) is 0 Å². The summed E-state index contributed by atoms with van der Waals surface area (Å²) in [6.07, 6.45) is 3.89. The van der Waals surface area contributed by atoms with E-state index in [4.69, 9.17) is 5.73 Å². The van der Waals surface area contributed by atoms with Crippen molar-refractivity contribution in [3.63, 3.8) is 0 Å². The molecule has 0 bridgehead atoms. The minimum absolute atomic E-state index is 0.0456. The highest BCUT2D eigenvalue weighted by Gasteiger charge is 2.21. The molecule has 1 aromatic heterocycles. The summed E-state index contributed by atoms with van der Waals surface area (Å²) in [6, 6.07) is 2.32. The molecule has 1 unspecified atom stereocenters. The van der Waals surface area contributed by atoms with Crippen molar-refractivity contribution >= 4 is 11.6 Å². The SMILES string of the molecule is CN(c1cc(N2CCCC(N)C2)ncn1)C(C)(C)C. The Balaban J connectivity index is 2.19. The zero-order valence-electron chi connectivity index (χ0n) is 12.4. The molecule has 0 aliphatic carbocycles. The van der Waals surface area contributed by atoms with Crippen LogP contribution in [-0.2, 0) is 0 Å². The lowest BCUT2D eigenvalue weighted by atomic mass is 10.1. The van der Waals surface area contributed by atoms with Gasteiger partial charge in [0.25, 0.3) is 0 Å². The Hall–Kier alpha value is -1.36. The van der Waals surface area contributed by atoms with Crippen LogP contribution in [0.5, 0.6) is 0 Å². The Morgan fingerprint density at radius 1 is 1.37 bits per heavy atom. The fourth-order valence-corrected chi connectivity index (χ4v) is 2.26. The molecule has 1 atom stereocenters. The zero-order valence-corrected chi connectivity index (χ0v) is 12.4. The molecule has 0 saturated carbocycles. The third kappa shape index (κ3) is 3.35. The summed E-state index contributed by atoms with van der Waals surface area (Å²) in [7, 11) is 2.06. The molecule has 1 aromatic rings. The highest BCUT2D eigenvalue weighted by molar-refractivity contribution is 5.51. The highest BCUT2D eigenvalue weighted by atomic mass is 15.3. The minimum Gasteiger partial charge on any atom is -0.355 e. The predicted molar refractivity (Wildman–Crippen MR) is 79.6 cm³/mol. The summed E-state index contributed by atoms with van der Waals surface area (Å²) in [5.74, 6) is 1.94. The fraction of sp³-hybridized carbons (Fsp3) is 0.714. The molecule has 2 N–H and O–H groups in total. The van der Waals surface area contributed by atoms with E-state index < -0.39 is 0 Å². The lowest BCUT2D eigenvalue weighted by Gasteiger charge is -2.35. The summed E-state index contributed by atoms with van der Waals surface area (Å²) in [5.41, 5.74) is 6.08. The maximum absolute atomic E-state index is 6.03. The van der Waals surface area contributed by atoms with Crippen LogP contribution in [0.4, 0.5) is 11.6 Å². The summed E-state index contributed by atoms with van der Waals surface area (Å²) < 4.78 is 0. The highest BCUT2D eigenvalue weighted by Crippen LogP contribution is 2.24. The number of piperidine rings is 1. The molecule has 106 valence electrons. The molecule has 0 amide bonds. The molecule has 1 aliphatic heterocycles. The van der Waals surface area contributed by atoms with Gasteiger partial charge >= 0.3 is 0 Å². The van der Waals surface area contributed by atoms with E-state index in [9.17, 15) is 0 Å². The van der Waals surface area contributed by atoms with Gasteiger partial charge in [-0.1, -0.05) is 0 Å². The Morgan fingerprint density at radius 3 is 2.74 bits per heavy atom. The largest absolute Gasteiger partial charge is 0.355 e. The second-order valence-corrected chi connectivity index (χ2v) is 6.31. The monoisotopic (exact) mass is 263 g/mol. The third-order valence-electron chi connectivity index (χ3n) is 3.77. The lowest BCUT2D eigenvalue weighted by Crippen LogP contribution is -2.43. The van der Waals surface area contributed by atoms with Crippen LogP contribution in [0.3, 0.4) is 0 Å². The number of aromatic nitrogens is 2. The van der Waals surface area contributed by atoms with E-state index in [1.807, 2.05) is 0 Å².